The Morgan fingerprint density at radius 3 is 2.60 bits per heavy atom. The van der Waals surface area contributed by atoms with Gasteiger partial charge in [-0.05, 0) is 61.1 Å². The Bertz CT molecular complexity index is 762. The third-order valence-electron chi connectivity index (χ3n) is 5.60. The summed E-state index contributed by atoms with van der Waals surface area (Å²) in [7, 11) is 0. The molecule has 3 nitrogen and oxygen atoms in total. The van der Waals surface area contributed by atoms with Crippen molar-refractivity contribution in [2.24, 2.45) is 0 Å². The van der Waals surface area contributed by atoms with Gasteiger partial charge in [0.2, 0.25) is 0 Å². The Labute approximate surface area is 153 Å². The van der Waals surface area contributed by atoms with E-state index in [4.69, 9.17) is 11.6 Å². The second-order valence-electron chi connectivity index (χ2n) is 7.25. The number of halogens is 1. The zero-order valence-electron chi connectivity index (χ0n) is 14.2. The lowest BCUT2D eigenvalue weighted by Gasteiger charge is -2.19. The van der Waals surface area contributed by atoms with Crippen molar-refractivity contribution in [3.05, 3.63) is 70.2 Å². The molecular weight excluding hydrogens is 332 g/mol. The molecule has 0 radical (unpaired) electrons. The van der Waals surface area contributed by atoms with E-state index >= 15 is 0 Å². The highest BCUT2D eigenvalue weighted by molar-refractivity contribution is 6.30. The van der Waals surface area contributed by atoms with E-state index in [1.54, 1.807) is 0 Å². The summed E-state index contributed by atoms with van der Waals surface area (Å²) in [4.78, 5) is 12.8. The van der Waals surface area contributed by atoms with Crippen LogP contribution in [0, 0.1) is 0 Å². The molecule has 2 N–H and O–H groups in total. The fraction of sp³-hybridized carbons (Fsp3) is 0.381. The van der Waals surface area contributed by atoms with Crippen LogP contribution >= 0.6 is 11.6 Å². The van der Waals surface area contributed by atoms with Crippen LogP contribution in [0.1, 0.15) is 46.7 Å². The predicted octanol–water partition coefficient (Wildman–Crippen LogP) is 3.88. The fourth-order valence-corrected chi connectivity index (χ4v) is 3.97. The topological polar surface area (TPSA) is 41.1 Å². The molecule has 2 aromatic carbocycles. The first-order valence-electron chi connectivity index (χ1n) is 9.02. The maximum Gasteiger partial charge on any atom is 0.251 e. The zero-order valence-corrected chi connectivity index (χ0v) is 15.0. The molecule has 25 heavy (non-hydrogen) atoms. The highest BCUT2D eigenvalue weighted by Gasteiger charge is 2.44. The van der Waals surface area contributed by atoms with Crippen molar-refractivity contribution >= 4 is 17.5 Å². The molecule has 1 heterocycles. The summed E-state index contributed by atoms with van der Waals surface area (Å²) in [6.45, 7) is 2.67. The van der Waals surface area contributed by atoms with Crippen LogP contribution in [0.25, 0.3) is 0 Å². The molecule has 2 aromatic rings. The smallest absolute Gasteiger partial charge is 0.251 e. The van der Waals surface area contributed by atoms with E-state index in [1.165, 1.54) is 11.1 Å². The lowest BCUT2D eigenvalue weighted by atomic mass is 9.92. The van der Waals surface area contributed by atoms with E-state index in [2.05, 4.69) is 28.8 Å². The van der Waals surface area contributed by atoms with E-state index in [0.717, 1.165) is 42.9 Å². The molecule has 0 spiro atoms. The molecule has 1 atom stereocenters. The molecular formula is C21H23ClN2O. The Morgan fingerprint density at radius 1 is 1.16 bits per heavy atom. The van der Waals surface area contributed by atoms with Crippen molar-refractivity contribution in [1.29, 1.82) is 0 Å². The second kappa shape index (κ2) is 6.81. The number of hydrogen-bond donors (Lipinski definition) is 2. The van der Waals surface area contributed by atoms with Gasteiger partial charge in [0.25, 0.3) is 5.91 Å². The summed E-state index contributed by atoms with van der Waals surface area (Å²) in [5.41, 5.74) is 3.35. The molecule has 2 fully saturated rings. The molecule has 1 saturated heterocycles. The molecule has 1 unspecified atom stereocenters. The minimum absolute atomic E-state index is 0.0442. The van der Waals surface area contributed by atoms with Gasteiger partial charge in [0.05, 0.1) is 0 Å². The maximum atomic E-state index is 12.8. The summed E-state index contributed by atoms with van der Waals surface area (Å²) in [6.07, 6.45) is 3.32. The number of carbonyl (C=O) groups excluding carboxylic acids is 1. The largest absolute Gasteiger partial charge is 0.351 e. The first-order chi connectivity index (χ1) is 12.2. The number of nitrogens with one attached hydrogen (secondary N) is 2. The van der Waals surface area contributed by atoms with Gasteiger partial charge in [0.15, 0.2) is 0 Å². The van der Waals surface area contributed by atoms with E-state index in [0.29, 0.717) is 12.5 Å². The highest BCUT2D eigenvalue weighted by atomic mass is 35.5. The lowest BCUT2D eigenvalue weighted by molar-refractivity contribution is 0.0948. The van der Waals surface area contributed by atoms with Crippen LogP contribution in [-0.2, 0) is 5.41 Å². The predicted molar refractivity (Wildman–Crippen MR) is 101 cm³/mol. The van der Waals surface area contributed by atoms with E-state index < -0.39 is 0 Å². The summed E-state index contributed by atoms with van der Waals surface area (Å²) >= 11 is 5.99. The molecule has 4 rings (SSSR count). The van der Waals surface area contributed by atoms with Crippen LogP contribution in [0.5, 0.6) is 0 Å². The summed E-state index contributed by atoms with van der Waals surface area (Å²) < 4.78 is 0. The van der Waals surface area contributed by atoms with Crippen LogP contribution < -0.4 is 10.6 Å². The minimum atomic E-state index is 0.0442. The van der Waals surface area contributed by atoms with Crippen molar-refractivity contribution < 1.29 is 4.79 Å². The Hall–Kier alpha value is -1.84. The average molecular weight is 355 g/mol. The number of hydrogen-bond acceptors (Lipinski definition) is 2. The number of benzene rings is 2. The third-order valence-corrected chi connectivity index (χ3v) is 5.86. The van der Waals surface area contributed by atoms with Crippen LogP contribution in [-0.4, -0.2) is 25.5 Å². The molecule has 0 bridgehead atoms. The second-order valence-corrected chi connectivity index (χ2v) is 7.68. The third kappa shape index (κ3) is 3.44. The first-order valence-corrected chi connectivity index (χ1v) is 9.40. The Kier molecular flexibility index (Phi) is 4.53. The summed E-state index contributed by atoms with van der Waals surface area (Å²) in [5, 5.41) is 7.33. The Morgan fingerprint density at radius 2 is 1.92 bits per heavy atom. The normalized spacial score (nSPS) is 21.1. The molecule has 1 aliphatic heterocycles. The lowest BCUT2D eigenvalue weighted by Crippen LogP contribution is -2.33. The van der Waals surface area contributed by atoms with Gasteiger partial charge >= 0.3 is 0 Å². The van der Waals surface area contributed by atoms with Crippen molar-refractivity contribution in [3.8, 4) is 0 Å². The monoisotopic (exact) mass is 354 g/mol. The van der Waals surface area contributed by atoms with Gasteiger partial charge < -0.3 is 10.6 Å². The van der Waals surface area contributed by atoms with Crippen molar-refractivity contribution in [3.63, 3.8) is 0 Å². The van der Waals surface area contributed by atoms with Crippen molar-refractivity contribution in [2.45, 2.75) is 30.6 Å². The standard InChI is InChI=1S/C21H23ClN2O/c22-17-7-5-16(6-8-17)21(10-11-21)14-24-20(25)19-4-2-1-3-18(19)15-9-12-23-13-15/h1-8,15,23H,9-14H2,(H,24,25). The Balaban J connectivity index is 1.47. The van der Waals surface area contributed by atoms with E-state index in [-0.39, 0.29) is 11.3 Å². The number of carbonyl (C=O) groups is 1. The van der Waals surface area contributed by atoms with Crippen LogP contribution in [0.4, 0.5) is 0 Å². The van der Waals surface area contributed by atoms with Crippen molar-refractivity contribution in [2.75, 3.05) is 19.6 Å². The van der Waals surface area contributed by atoms with Gasteiger partial charge in [-0.15, -0.1) is 0 Å². The van der Waals surface area contributed by atoms with Gasteiger partial charge in [-0.25, -0.2) is 0 Å². The molecule has 130 valence electrons. The molecule has 0 aromatic heterocycles. The van der Waals surface area contributed by atoms with Crippen LogP contribution in [0.15, 0.2) is 48.5 Å². The van der Waals surface area contributed by atoms with E-state index in [1.807, 2.05) is 30.3 Å². The van der Waals surface area contributed by atoms with Gasteiger partial charge in [-0.2, -0.15) is 0 Å². The van der Waals surface area contributed by atoms with Gasteiger partial charge in [0, 0.05) is 29.1 Å². The SMILES string of the molecule is O=C(NCC1(c2ccc(Cl)cc2)CC1)c1ccccc1C1CCNC1. The number of amides is 1. The van der Waals surface area contributed by atoms with Gasteiger partial charge in [0.1, 0.15) is 0 Å². The summed E-state index contributed by atoms with van der Waals surface area (Å²) in [6, 6.07) is 16.1. The number of rotatable bonds is 5. The van der Waals surface area contributed by atoms with Crippen LogP contribution in [0.3, 0.4) is 0 Å². The van der Waals surface area contributed by atoms with Crippen LogP contribution in [0.2, 0.25) is 5.02 Å². The molecule has 1 amide bonds. The fourth-order valence-electron chi connectivity index (χ4n) is 3.85. The average Bonchev–Trinajstić information content (AvgIpc) is 3.23. The molecule has 1 aliphatic carbocycles. The summed E-state index contributed by atoms with van der Waals surface area (Å²) in [5.74, 6) is 0.482. The van der Waals surface area contributed by atoms with Gasteiger partial charge in [-0.3, -0.25) is 4.79 Å². The quantitative estimate of drug-likeness (QED) is 0.855. The first kappa shape index (κ1) is 16.6. The van der Waals surface area contributed by atoms with E-state index in [9.17, 15) is 4.79 Å². The maximum absolute atomic E-state index is 12.8. The zero-order chi connectivity index (χ0) is 17.3. The minimum Gasteiger partial charge on any atom is -0.351 e. The highest BCUT2D eigenvalue weighted by Crippen LogP contribution is 2.47. The molecule has 2 aliphatic rings. The van der Waals surface area contributed by atoms with Gasteiger partial charge in [-0.1, -0.05) is 41.9 Å². The van der Waals surface area contributed by atoms with Crippen molar-refractivity contribution in [1.82, 2.24) is 10.6 Å². The molecule has 1 saturated carbocycles. The molecule has 4 heteroatoms.